The van der Waals surface area contributed by atoms with Gasteiger partial charge in [0.15, 0.2) is 0 Å². The lowest BCUT2D eigenvalue weighted by Gasteiger charge is -2.38. The van der Waals surface area contributed by atoms with Gasteiger partial charge in [-0.15, -0.1) is 0 Å². The first-order valence-electron chi connectivity index (χ1n) is 13.7. The van der Waals surface area contributed by atoms with Gasteiger partial charge in [-0.1, -0.05) is 62.2 Å². The van der Waals surface area contributed by atoms with Crippen molar-refractivity contribution in [2.45, 2.75) is 96.3 Å². The first-order chi connectivity index (χ1) is 16.5. The number of allylic oxidation sites excluding steroid dienone is 2. The van der Waals surface area contributed by atoms with E-state index in [2.05, 4.69) is 37.3 Å². The van der Waals surface area contributed by atoms with Gasteiger partial charge in [0, 0.05) is 5.56 Å². The predicted octanol–water partition coefficient (Wildman–Crippen LogP) is 9.75. The maximum absolute atomic E-state index is 14.6. The molecule has 0 unspecified atom stereocenters. The Kier molecular flexibility index (Phi) is 8.98. The van der Waals surface area contributed by atoms with Gasteiger partial charge < -0.3 is 0 Å². The van der Waals surface area contributed by atoms with E-state index in [9.17, 15) is 8.78 Å². The summed E-state index contributed by atoms with van der Waals surface area (Å²) < 4.78 is 29.3. The number of hydrogen-bond acceptors (Lipinski definition) is 0. The SMILES string of the molecule is C/C=C/CCc1c(F)cc(C2CCC(C3CCC(C[C@@H](C)c4ccccc4)CC3)CC2)cc1F. The van der Waals surface area contributed by atoms with E-state index in [1.807, 2.05) is 19.1 Å². The molecule has 2 heteroatoms. The van der Waals surface area contributed by atoms with E-state index in [1.165, 1.54) is 50.5 Å². The van der Waals surface area contributed by atoms with Gasteiger partial charge in [-0.3, -0.25) is 0 Å². The molecular weight excluding hydrogens is 422 g/mol. The molecule has 0 saturated heterocycles. The molecule has 0 bridgehead atoms. The van der Waals surface area contributed by atoms with Crippen molar-refractivity contribution in [3.8, 4) is 0 Å². The van der Waals surface area contributed by atoms with Crippen LogP contribution in [0.15, 0.2) is 54.6 Å². The molecule has 2 aliphatic rings. The van der Waals surface area contributed by atoms with Crippen LogP contribution < -0.4 is 0 Å². The number of hydrogen-bond donors (Lipinski definition) is 0. The Labute approximate surface area is 205 Å². The van der Waals surface area contributed by atoms with Crippen molar-refractivity contribution in [3.63, 3.8) is 0 Å². The maximum atomic E-state index is 14.6. The summed E-state index contributed by atoms with van der Waals surface area (Å²) in [5.41, 5.74) is 2.59. The first kappa shape index (κ1) is 25.1. The van der Waals surface area contributed by atoms with Crippen molar-refractivity contribution < 1.29 is 8.78 Å². The lowest BCUT2D eigenvalue weighted by Crippen LogP contribution is -2.26. The average Bonchev–Trinajstić information content (AvgIpc) is 2.87. The van der Waals surface area contributed by atoms with E-state index in [0.29, 0.717) is 24.7 Å². The van der Waals surface area contributed by atoms with Gasteiger partial charge in [-0.2, -0.15) is 0 Å². The van der Waals surface area contributed by atoms with Crippen molar-refractivity contribution in [2.24, 2.45) is 17.8 Å². The van der Waals surface area contributed by atoms with Gasteiger partial charge in [0.05, 0.1) is 0 Å². The molecule has 0 radical (unpaired) electrons. The van der Waals surface area contributed by atoms with Gasteiger partial charge in [0.2, 0.25) is 0 Å². The second-order valence-electron chi connectivity index (χ2n) is 11.0. The molecule has 0 heterocycles. The Balaban J connectivity index is 1.24. The second kappa shape index (κ2) is 12.1. The van der Waals surface area contributed by atoms with E-state index in [-0.39, 0.29) is 17.2 Å². The second-order valence-corrected chi connectivity index (χ2v) is 11.0. The summed E-state index contributed by atoms with van der Waals surface area (Å²) in [7, 11) is 0. The Morgan fingerprint density at radius 1 is 0.853 bits per heavy atom. The molecule has 1 atom stereocenters. The lowest BCUT2D eigenvalue weighted by atomic mass is 9.67. The van der Waals surface area contributed by atoms with Crippen molar-refractivity contribution in [1.29, 1.82) is 0 Å². The zero-order valence-corrected chi connectivity index (χ0v) is 21.1. The third kappa shape index (κ3) is 6.37. The minimum absolute atomic E-state index is 0.244. The Hall–Kier alpha value is -1.96. The molecule has 0 nitrogen and oxygen atoms in total. The summed E-state index contributed by atoms with van der Waals surface area (Å²) in [6.45, 7) is 4.31. The van der Waals surface area contributed by atoms with Crippen LogP contribution in [0.1, 0.15) is 107 Å². The largest absolute Gasteiger partial charge is 0.207 e. The molecule has 0 aliphatic heterocycles. The lowest BCUT2D eigenvalue weighted by molar-refractivity contribution is 0.154. The zero-order chi connectivity index (χ0) is 23.9. The fraction of sp³-hybridized carbons (Fsp3) is 0.562. The minimum atomic E-state index is -0.357. The molecule has 2 aliphatic carbocycles. The van der Waals surface area contributed by atoms with Gasteiger partial charge in [-0.25, -0.2) is 8.78 Å². The van der Waals surface area contributed by atoms with Gasteiger partial charge >= 0.3 is 0 Å². The van der Waals surface area contributed by atoms with Crippen molar-refractivity contribution in [1.82, 2.24) is 0 Å². The van der Waals surface area contributed by atoms with E-state index >= 15 is 0 Å². The highest BCUT2D eigenvalue weighted by atomic mass is 19.1. The van der Waals surface area contributed by atoms with Crippen LogP contribution in [0.4, 0.5) is 8.78 Å². The highest BCUT2D eigenvalue weighted by Gasteiger charge is 2.32. The average molecular weight is 465 g/mol. The van der Waals surface area contributed by atoms with E-state index < -0.39 is 0 Å². The molecule has 0 amide bonds. The summed E-state index contributed by atoms with van der Waals surface area (Å²) >= 11 is 0. The smallest absolute Gasteiger partial charge is 0.129 e. The van der Waals surface area contributed by atoms with Crippen LogP contribution in [0.2, 0.25) is 0 Å². The zero-order valence-electron chi connectivity index (χ0n) is 21.1. The Morgan fingerprint density at radius 2 is 1.44 bits per heavy atom. The number of rotatable bonds is 8. The molecule has 2 saturated carbocycles. The first-order valence-corrected chi connectivity index (χ1v) is 13.7. The van der Waals surface area contributed by atoms with Crippen molar-refractivity contribution in [2.75, 3.05) is 0 Å². The number of benzene rings is 2. The fourth-order valence-corrected chi connectivity index (χ4v) is 6.73. The summed E-state index contributed by atoms with van der Waals surface area (Å²) in [5.74, 6) is 2.76. The van der Waals surface area contributed by atoms with Gasteiger partial charge in [0.1, 0.15) is 11.6 Å². The minimum Gasteiger partial charge on any atom is -0.207 e. The predicted molar refractivity (Wildman–Crippen MR) is 139 cm³/mol. The molecule has 0 N–H and O–H groups in total. The van der Waals surface area contributed by atoms with E-state index in [4.69, 9.17) is 0 Å². The van der Waals surface area contributed by atoms with Crippen LogP contribution in [0.25, 0.3) is 0 Å². The quantitative estimate of drug-likeness (QED) is 0.341. The molecule has 184 valence electrons. The molecule has 4 rings (SSSR count). The van der Waals surface area contributed by atoms with E-state index in [1.54, 1.807) is 12.1 Å². The normalized spacial score (nSPS) is 26.6. The topological polar surface area (TPSA) is 0 Å². The summed E-state index contributed by atoms with van der Waals surface area (Å²) in [6.07, 6.45) is 16.4. The van der Waals surface area contributed by atoms with E-state index in [0.717, 1.165) is 36.2 Å². The van der Waals surface area contributed by atoms with Crippen molar-refractivity contribution in [3.05, 3.63) is 82.9 Å². The Morgan fingerprint density at radius 3 is 2.03 bits per heavy atom. The van der Waals surface area contributed by atoms with Gasteiger partial charge in [0.25, 0.3) is 0 Å². The molecule has 2 aromatic carbocycles. The monoisotopic (exact) mass is 464 g/mol. The van der Waals surface area contributed by atoms with Crippen LogP contribution in [-0.2, 0) is 6.42 Å². The van der Waals surface area contributed by atoms with Gasteiger partial charge in [-0.05, 0) is 118 Å². The summed E-state index contributed by atoms with van der Waals surface area (Å²) in [5, 5.41) is 0. The van der Waals surface area contributed by atoms with Crippen LogP contribution >= 0.6 is 0 Å². The van der Waals surface area contributed by atoms with Crippen LogP contribution in [-0.4, -0.2) is 0 Å². The summed E-state index contributed by atoms with van der Waals surface area (Å²) in [6, 6.07) is 14.2. The molecule has 2 fully saturated rings. The number of halogens is 2. The standard InChI is InChI=1S/C32H42F2/c1-3-4-6-11-30-31(33)21-29(22-32(30)34)28-18-16-27(17-19-28)26-14-12-24(13-15-26)20-23(2)25-9-7-5-8-10-25/h3-5,7-10,21-24,26-28H,6,11-20H2,1-2H3/b4-3+/t23-,24?,26?,27?,28?/m1/s1. The molecule has 34 heavy (non-hydrogen) atoms. The molecular formula is C32H42F2. The maximum Gasteiger partial charge on any atom is 0.129 e. The summed E-state index contributed by atoms with van der Waals surface area (Å²) in [4.78, 5) is 0. The Bertz CT molecular complexity index is 892. The fourth-order valence-electron chi connectivity index (χ4n) is 6.73. The molecule has 0 spiro atoms. The third-order valence-corrected chi connectivity index (χ3v) is 8.82. The highest BCUT2D eigenvalue weighted by Crippen LogP contribution is 2.45. The third-order valence-electron chi connectivity index (χ3n) is 8.82. The highest BCUT2D eigenvalue weighted by molar-refractivity contribution is 5.29. The molecule has 2 aromatic rings. The van der Waals surface area contributed by atoms with Crippen LogP contribution in [0, 0.1) is 29.4 Å². The van der Waals surface area contributed by atoms with Crippen molar-refractivity contribution >= 4 is 0 Å². The van der Waals surface area contributed by atoms with Crippen LogP contribution in [0.5, 0.6) is 0 Å². The molecule has 0 aromatic heterocycles. The van der Waals surface area contributed by atoms with Crippen LogP contribution in [0.3, 0.4) is 0 Å².